The van der Waals surface area contributed by atoms with Crippen LogP contribution in [0.1, 0.15) is 0 Å². The fourth-order valence-electron chi connectivity index (χ4n) is 0. The van der Waals surface area contributed by atoms with E-state index in [4.69, 9.17) is 24.6 Å². The van der Waals surface area contributed by atoms with E-state index in [0.29, 0.717) is 0 Å². The zero-order chi connectivity index (χ0) is 6.28. The number of carboxylic acid groups (broad SMARTS) is 2. The van der Waals surface area contributed by atoms with Crippen LogP contribution in [0.3, 0.4) is 0 Å². The van der Waals surface area contributed by atoms with Crippen LogP contribution < -0.4 is 56.5 Å². The van der Waals surface area contributed by atoms with E-state index in [1.165, 1.54) is 0 Å². The Morgan fingerprint density at radius 2 is 1.50 bits per heavy atom. The van der Waals surface area contributed by atoms with Crippen molar-refractivity contribution >= 4 is 12.3 Å². The van der Waals surface area contributed by atoms with Crippen molar-refractivity contribution in [2.45, 2.75) is 0 Å². The molecule has 0 bridgehead atoms. The van der Waals surface area contributed by atoms with Crippen LogP contribution in [-0.4, -0.2) is 17.4 Å². The molecule has 0 aromatic heterocycles. The molecule has 0 aromatic rings. The summed E-state index contributed by atoms with van der Waals surface area (Å²) in [6.45, 7) is 0. The summed E-state index contributed by atoms with van der Waals surface area (Å²) >= 11 is 0. The fourth-order valence-corrected chi connectivity index (χ4v) is 0. The van der Waals surface area contributed by atoms with E-state index in [1.54, 1.807) is 0 Å². The summed E-state index contributed by atoms with van der Waals surface area (Å²) in [6, 6.07) is 0. The van der Waals surface area contributed by atoms with Crippen LogP contribution in [-0.2, 0) is 9.59 Å². The van der Waals surface area contributed by atoms with Crippen molar-refractivity contribution in [2.75, 3.05) is 0 Å². The minimum Gasteiger partial charge on any atom is -0.565 e. The van der Waals surface area contributed by atoms with Crippen LogP contribution in [0.5, 0.6) is 0 Å². The summed E-state index contributed by atoms with van der Waals surface area (Å²) in [5.41, 5.74) is 0. The second kappa shape index (κ2) is 15.7. The zero-order valence-corrected chi connectivity index (χ0v) is 7.20. The van der Waals surface area contributed by atoms with Gasteiger partial charge < -0.3 is 15.0 Å². The van der Waals surface area contributed by atoms with Crippen LogP contribution in [0, 0.1) is 0 Å². The summed E-state index contributed by atoms with van der Waals surface area (Å²) in [4.78, 5) is 24.7. The Balaban J connectivity index is -0.0000000575. The molecule has 0 aliphatic heterocycles. The maximum Gasteiger partial charge on any atom is 1.00 e. The Hall–Kier alpha value is 0.286. The monoisotopic (exact) mass is 144 g/mol. The van der Waals surface area contributed by atoms with Gasteiger partial charge in [0, 0.05) is 0 Å². The van der Waals surface area contributed by atoms with Crippen LogP contribution in [0.15, 0.2) is 0 Å². The third-order valence-electron chi connectivity index (χ3n) is 0. The average Bonchev–Trinajstić information content (AvgIpc) is 1.33. The van der Waals surface area contributed by atoms with E-state index in [9.17, 15) is 0 Å². The molecule has 0 unspecified atom stereocenters. The number of hydrogen-bond acceptors (Lipinski definition) is 4. The first-order valence-corrected chi connectivity index (χ1v) is 1.04. The smallest absolute Gasteiger partial charge is 0.565 e. The van der Waals surface area contributed by atoms with E-state index < -0.39 is 6.16 Å². The number of carbonyl (C=O) groups is 1. The van der Waals surface area contributed by atoms with Crippen molar-refractivity contribution in [3.63, 3.8) is 0 Å². The number of hydrogen-bond donors (Lipinski definition) is 1. The van der Waals surface area contributed by atoms with Gasteiger partial charge in [-0.2, -0.15) is 9.59 Å². The molecule has 0 fully saturated rings. The predicted molar refractivity (Wildman–Crippen MR) is 13.0 cm³/mol. The summed E-state index contributed by atoms with van der Waals surface area (Å²) in [5.74, 6) is 0. The molecule has 5 nitrogen and oxygen atoms in total. The van der Waals surface area contributed by atoms with Gasteiger partial charge in [0.15, 0.2) is 0 Å². The normalized spacial score (nSPS) is 4.00. The molecule has 0 aliphatic rings. The minimum absolute atomic E-state index is 0. The topological polar surface area (TPSA) is 94.5 Å². The molecule has 0 atom stereocenters. The first-order valence-electron chi connectivity index (χ1n) is 1.04. The van der Waals surface area contributed by atoms with Gasteiger partial charge >= 0.3 is 57.5 Å². The maximum atomic E-state index is 8.44. The largest absolute Gasteiger partial charge is 1.00 e. The van der Waals surface area contributed by atoms with Crippen LogP contribution in [0.2, 0.25) is 0 Å². The van der Waals surface area contributed by atoms with Crippen LogP contribution >= 0.6 is 0 Å². The van der Waals surface area contributed by atoms with Gasteiger partial charge in [-0.05, 0) is 0 Å². The maximum absolute atomic E-state index is 8.44. The van der Waals surface area contributed by atoms with Gasteiger partial charge in [-0.15, -0.1) is 0 Å². The van der Waals surface area contributed by atoms with Gasteiger partial charge in [-0.3, -0.25) is 0 Å². The molecule has 0 rings (SSSR count). The Labute approximate surface area is 87.1 Å². The van der Waals surface area contributed by atoms with Gasteiger partial charge in [0.05, 0.1) is 0 Å². The third kappa shape index (κ3) is 2140. The van der Waals surface area contributed by atoms with Crippen molar-refractivity contribution in [1.29, 1.82) is 0 Å². The molecule has 0 radical (unpaired) electrons. The Morgan fingerprint density at radius 3 is 1.50 bits per heavy atom. The summed E-state index contributed by atoms with van der Waals surface area (Å²) in [5, 5.41) is 15.3. The molecule has 0 amide bonds. The molecule has 8 heavy (non-hydrogen) atoms. The van der Waals surface area contributed by atoms with Gasteiger partial charge in [0.2, 0.25) is 6.16 Å². The van der Waals surface area contributed by atoms with Gasteiger partial charge in [-0.25, -0.2) is 0 Å². The Bertz CT molecular complexity index is 78.4. The fraction of sp³-hybridized carbons (Fsp3) is 0. The quantitative estimate of drug-likeness (QED) is 0.345. The van der Waals surface area contributed by atoms with Crippen molar-refractivity contribution in [2.24, 2.45) is 0 Å². The molecule has 0 aliphatic carbocycles. The summed E-state index contributed by atoms with van der Waals surface area (Å²) in [6.07, 6.45) is -1.83. The van der Waals surface area contributed by atoms with E-state index in [1.807, 2.05) is 0 Å². The predicted octanol–water partition coefficient (Wildman–Crippen LogP) is -4.69. The molecular weight excluding hydrogens is 143 g/mol. The number of carbonyl (C=O) groups excluding carboxylic acids is 2. The van der Waals surface area contributed by atoms with E-state index in [2.05, 4.69) is 0 Å². The van der Waals surface area contributed by atoms with E-state index >= 15 is 0 Å². The van der Waals surface area contributed by atoms with Gasteiger partial charge in [-0.1, -0.05) is 0 Å². The molecule has 0 saturated carbocycles. The Kier molecular flexibility index (Phi) is 30.8. The second-order valence-electron chi connectivity index (χ2n) is 0.349. The van der Waals surface area contributed by atoms with Crippen molar-refractivity contribution < 1.29 is 76.0 Å². The third-order valence-corrected chi connectivity index (χ3v) is 0. The van der Waals surface area contributed by atoms with Gasteiger partial charge in [0.25, 0.3) is 0 Å². The SMILES string of the molecule is O=C([O-])O.O=C=O.[K+]. The molecule has 0 heterocycles. The zero-order valence-electron chi connectivity index (χ0n) is 4.08. The van der Waals surface area contributed by atoms with Gasteiger partial charge in [0.1, 0.15) is 0 Å². The van der Waals surface area contributed by atoms with E-state index in [-0.39, 0.29) is 57.5 Å². The van der Waals surface area contributed by atoms with Crippen LogP contribution in [0.4, 0.5) is 4.79 Å². The molecule has 6 heteroatoms. The Morgan fingerprint density at radius 1 is 1.50 bits per heavy atom. The first kappa shape index (κ1) is 15.7. The van der Waals surface area contributed by atoms with Crippen molar-refractivity contribution in [3.05, 3.63) is 0 Å². The number of rotatable bonds is 0. The van der Waals surface area contributed by atoms with Crippen molar-refractivity contribution in [1.82, 2.24) is 0 Å². The molecule has 0 aromatic carbocycles. The van der Waals surface area contributed by atoms with Crippen molar-refractivity contribution in [3.8, 4) is 0 Å². The minimum atomic E-state index is -2.08. The van der Waals surface area contributed by atoms with Crippen LogP contribution in [0.25, 0.3) is 0 Å². The average molecular weight is 144 g/mol. The standard InChI is InChI=1S/CH2O3.CO2.K/c2-1(3)4;2-1-3;/h(H2,2,3,4);;/q;;+1/p-1. The molecule has 0 saturated heterocycles. The first-order chi connectivity index (χ1) is 3.15. The van der Waals surface area contributed by atoms with E-state index in [0.717, 1.165) is 0 Å². The molecule has 1 N–H and O–H groups in total. The molecule has 0 spiro atoms. The summed E-state index contributed by atoms with van der Waals surface area (Å²) in [7, 11) is 0. The summed E-state index contributed by atoms with van der Waals surface area (Å²) < 4.78 is 0. The molecular formula is C2HKO5. The second-order valence-corrected chi connectivity index (χ2v) is 0.349. The molecule has 40 valence electrons.